The molecule has 0 saturated carbocycles. The van der Waals surface area contributed by atoms with E-state index in [1.54, 1.807) is 12.2 Å². The number of rotatable bonds is 3. The first kappa shape index (κ1) is 19.3. The van der Waals surface area contributed by atoms with Gasteiger partial charge in [0, 0.05) is 5.41 Å². The first-order valence-corrected chi connectivity index (χ1v) is 4.17. The third-order valence-electron chi connectivity index (χ3n) is 1.22. The van der Waals surface area contributed by atoms with E-state index in [2.05, 4.69) is 13.2 Å². The van der Waals surface area contributed by atoms with Crippen molar-refractivity contribution in [1.82, 2.24) is 0 Å². The molecule has 70 valence electrons. The fourth-order valence-corrected chi connectivity index (χ4v) is 0.376. The van der Waals surface area contributed by atoms with Gasteiger partial charge in [-0.05, 0) is 0 Å². The van der Waals surface area contributed by atoms with E-state index in [1.807, 2.05) is 27.7 Å². The van der Waals surface area contributed by atoms with Crippen LogP contribution in [0.3, 0.4) is 0 Å². The molecule has 0 bridgehead atoms. The molecule has 13 heavy (non-hydrogen) atoms. The van der Waals surface area contributed by atoms with Crippen molar-refractivity contribution >= 4 is 0 Å². The summed E-state index contributed by atoms with van der Waals surface area (Å²) in [4.78, 5) is 0. The van der Waals surface area contributed by atoms with Crippen molar-refractivity contribution in [2.45, 2.75) is 27.7 Å². The van der Waals surface area contributed by atoms with Crippen LogP contribution in [-0.2, 0) is 0 Å². The van der Waals surface area contributed by atoms with E-state index in [9.17, 15) is 5.11 Å². The minimum atomic E-state index is -0.171. The van der Waals surface area contributed by atoms with Gasteiger partial charge in [-0.15, -0.1) is 18.9 Å². The van der Waals surface area contributed by atoms with Crippen LogP contribution in [0, 0.1) is 5.41 Å². The van der Waals surface area contributed by atoms with Crippen molar-refractivity contribution < 1.29 is 56.5 Å². The monoisotopic (exact) mass is 206 g/mol. The summed E-state index contributed by atoms with van der Waals surface area (Å²) in [5, 5.41) is 10.4. The molecule has 0 N–H and O–H groups in total. The second-order valence-electron chi connectivity index (χ2n) is 2.83. The van der Waals surface area contributed by atoms with Crippen molar-refractivity contribution in [3.8, 4) is 0 Å². The van der Waals surface area contributed by atoms with E-state index >= 15 is 0 Å². The Morgan fingerprint density at radius 3 is 1.92 bits per heavy atom. The van der Waals surface area contributed by atoms with E-state index in [4.69, 9.17) is 0 Å². The maximum atomic E-state index is 10.4. The Kier molecular flexibility index (Phi) is 15.9. The van der Waals surface area contributed by atoms with Gasteiger partial charge in [0.25, 0.3) is 0 Å². The topological polar surface area (TPSA) is 23.1 Å². The van der Waals surface area contributed by atoms with Crippen molar-refractivity contribution in [1.29, 1.82) is 0 Å². The number of hydrogen-bond acceptors (Lipinski definition) is 1. The van der Waals surface area contributed by atoms with Crippen molar-refractivity contribution in [2.24, 2.45) is 5.41 Å². The zero-order chi connectivity index (χ0) is 10.2. The van der Waals surface area contributed by atoms with E-state index < -0.39 is 0 Å². The number of hydrogen-bond donors (Lipinski definition) is 0. The summed E-state index contributed by atoms with van der Waals surface area (Å²) in [6, 6.07) is 0. The zero-order valence-electron chi connectivity index (χ0n) is 9.55. The molecule has 0 aliphatic carbocycles. The molecule has 0 aliphatic rings. The molecule has 0 unspecified atom stereocenters. The largest absolute Gasteiger partial charge is 1.00 e. The Balaban J connectivity index is -0.000000309. The maximum absolute atomic E-state index is 10.4. The number of allylic oxidation sites excluding steroid dienone is 3. The predicted octanol–water partition coefficient (Wildman–Crippen LogP) is -0.341. The fraction of sp³-hybridized carbons (Fsp3) is 0.455. The summed E-state index contributed by atoms with van der Waals surface area (Å²) < 4.78 is 0. The molecule has 0 rings (SSSR count). The normalized spacial score (nSPS) is 9.54. The van der Waals surface area contributed by atoms with E-state index in [-0.39, 0.29) is 62.6 Å². The Morgan fingerprint density at radius 2 is 1.69 bits per heavy atom. The molecular weight excluding hydrogens is 187 g/mol. The maximum Gasteiger partial charge on any atom is 1.00 e. The molecule has 0 fully saturated rings. The molecular formula is C11H19KO. The van der Waals surface area contributed by atoms with Gasteiger partial charge in [-0.3, -0.25) is 0 Å². The molecule has 0 heterocycles. The van der Waals surface area contributed by atoms with E-state index in [0.29, 0.717) is 0 Å². The zero-order valence-corrected chi connectivity index (χ0v) is 12.7. The van der Waals surface area contributed by atoms with Crippen LogP contribution < -0.4 is 56.5 Å². The van der Waals surface area contributed by atoms with Gasteiger partial charge in [-0.1, -0.05) is 45.9 Å². The minimum absolute atomic E-state index is 0. The third kappa shape index (κ3) is 15.4. The molecule has 0 amide bonds. The van der Waals surface area contributed by atoms with E-state index in [1.165, 1.54) is 6.08 Å². The van der Waals surface area contributed by atoms with Gasteiger partial charge >= 0.3 is 51.4 Å². The molecule has 0 aromatic carbocycles. The van der Waals surface area contributed by atoms with E-state index in [0.717, 1.165) is 0 Å². The summed E-state index contributed by atoms with van der Waals surface area (Å²) in [6.45, 7) is 14.8. The molecule has 2 heteroatoms. The van der Waals surface area contributed by atoms with Crippen LogP contribution in [0.1, 0.15) is 27.7 Å². The van der Waals surface area contributed by atoms with Crippen LogP contribution in [0.2, 0.25) is 0 Å². The second-order valence-corrected chi connectivity index (χ2v) is 2.83. The Bertz CT molecular complexity index is 169. The molecule has 0 saturated heterocycles. The van der Waals surface area contributed by atoms with Gasteiger partial charge in [-0.25, -0.2) is 0 Å². The van der Waals surface area contributed by atoms with Gasteiger partial charge in [-0.2, -0.15) is 0 Å². The molecule has 0 radical (unpaired) electrons. The van der Waals surface area contributed by atoms with Crippen LogP contribution in [0.25, 0.3) is 0 Å². The fourth-order valence-electron chi connectivity index (χ4n) is 0.376. The second kappa shape index (κ2) is 10.7. The first-order chi connectivity index (χ1) is 5.48. The molecule has 0 aromatic rings. The summed E-state index contributed by atoms with van der Waals surface area (Å²) >= 11 is 0. The van der Waals surface area contributed by atoms with Crippen LogP contribution in [-0.4, -0.2) is 0 Å². The quantitative estimate of drug-likeness (QED) is 0.268. The summed E-state index contributed by atoms with van der Waals surface area (Å²) in [6.07, 6.45) is 5.03. The van der Waals surface area contributed by atoms with Gasteiger partial charge in [0.2, 0.25) is 0 Å². The van der Waals surface area contributed by atoms with Crippen LogP contribution in [0.4, 0.5) is 0 Å². The molecule has 0 spiro atoms. The Hall–Kier alpha value is 0.656. The van der Waals surface area contributed by atoms with Gasteiger partial charge in [0.15, 0.2) is 0 Å². The van der Waals surface area contributed by atoms with Gasteiger partial charge < -0.3 is 5.11 Å². The van der Waals surface area contributed by atoms with Crippen LogP contribution in [0.15, 0.2) is 37.1 Å². The summed E-state index contributed by atoms with van der Waals surface area (Å²) in [5.41, 5.74) is -0.104. The smallest absolute Gasteiger partial charge is 0.873 e. The summed E-state index contributed by atoms with van der Waals surface area (Å²) in [7, 11) is 0. The molecule has 0 aliphatic heterocycles. The third-order valence-corrected chi connectivity index (χ3v) is 1.22. The Labute approximate surface area is 125 Å². The summed E-state index contributed by atoms with van der Waals surface area (Å²) in [5.74, 6) is -0.171. The van der Waals surface area contributed by atoms with Crippen molar-refractivity contribution in [3.05, 3.63) is 37.1 Å². The van der Waals surface area contributed by atoms with Gasteiger partial charge in [0.1, 0.15) is 0 Å². The standard InChI is InChI=1S/C9H14O.C2H6.K/c1-5-9(3,4)7-6-8(2)10;1-2;/h5-7,10H,1-2H2,3-4H3;1-2H3;/q;;+1/p-1/b7-6-;;. The van der Waals surface area contributed by atoms with Gasteiger partial charge in [0.05, 0.1) is 0 Å². The molecule has 1 nitrogen and oxygen atoms in total. The average molecular weight is 206 g/mol. The van der Waals surface area contributed by atoms with Crippen LogP contribution in [0.5, 0.6) is 0 Å². The SMILES string of the molecule is C=CC(C)(C)/C=C\C(=C)[O-].CC.[K+]. The first-order valence-electron chi connectivity index (χ1n) is 4.17. The Morgan fingerprint density at radius 1 is 1.31 bits per heavy atom. The molecule has 0 atom stereocenters. The van der Waals surface area contributed by atoms with Crippen molar-refractivity contribution in [3.63, 3.8) is 0 Å². The molecule has 0 aromatic heterocycles. The predicted molar refractivity (Wildman–Crippen MR) is 53.6 cm³/mol. The van der Waals surface area contributed by atoms with Crippen molar-refractivity contribution in [2.75, 3.05) is 0 Å². The minimum Gasteiger partial charge on any atom is -0.873 e. The van der Waals surface area contributed by atoms with Crippen LogP contribution >= 0.6 is 0 Å². The average Bonchev–Trinajstić information content (AvgIpc) is 2.05.